The fourth-order valence-corrected chi connectivity index (χ4v) is 3.16. The molecule has 0 aliphatic heterocycles. The van der Waals surface area contributed by atoms with Crippen molar-refractivity contribution in [2.75, 3.05) is 11.9 Å². The molecule has 2 aromatic heterocycles. The highest BCUT2D eigenvalue weighted by atomic mass is 32.2. The van der Waals surface area contributed by atoms with Crippen LogP contribution in [-0.2, 0) is 0 Å². The number of hydrogen-bond acceptors (Lipinski definition) is 6. The molecule has 0 saturated heterocycles. The minimum atomic E-state index is -0.392. The number of nitrogens with one attached hydrogen (secondary N) is 1. The summed E-state index contributed by atoms with van der Waals surface area (Å²) in [6, 6.07) is 6.88. The van der Waals surface area contributed by atoms with Crippen LogP contribution in [0.15, 0.2) is 38.9 Å². The lowest BCUT2D eigenvalue weighted by Crippen LogP contribution is -2.03. The van der Waals surface area contributed by atoms with Crippen molar-refractivity contribution in [3.8, 4) is 0 Å². The second-order valence-corrected chi connectivity index (χ2v) is 6.04. The highest BCUT2D eigenvalue weighted by Gasteiger charge is 2.12. The highest BCUT2D eigenvalue weighted by Crippen LogP contribution is 2.32. The van der Waals surface area contributed by atoms with Gasteiger partial charge >= 0.3 is 0 Å². The maximum absolute atomic E-state index is 10.9. The van der Waals surface area contributed by atoms with Crippen LogP contribution >= 0.6 is 23.1 Å². The molecule has 19 heavy (non-hydrogen) atoms. The van der Waals surface area contributed by atoms with E-state index in [-0.39, 0.29) is 5.69 Å². The molecule has 0 amide bonds. The summed E-state index contributed by atoms with van der Waals surface area (Å²) in [5.74, 6) is 0.551. The van der Waals surface area contributed by atoms with E-state index in [1.807, 2.05) is 24.4 Å². The molecule has 0 spiro atoms. The van der Waals surface area contributed by atoms with Crippen LogP contribution in [-0.4, -0.2) is 16.5 Å². The maximum atomic E-state index is 10.9. The summed E-state index contributed by atoms with van der Waals surface area (Å²) in [5, 5.41) is 16.6. The van der Waals surface area contributed by atoms with Crippen LogP contribution in [0.5, 0.6) is 0 Å². The Morgan fingerprint density at radius 1 is 1.53 bits per heavy atom. The zero-order valence-electron chi connectivity index (χ0n) is 10.3. The monoisotopic (exact) mass is 295 g/mol. The van der Waals surface area contributed by atoms with Crippen LogP contribution in [0.3, 0.4) is 0 Å². The molecule has 2 heterocycles. The number of thiophene rings is 1. The van der Waals surface area contributed by atoms with Gasteiger partial charge in [0.05, 0.1) is 15.2 Å². The largest absolute Gasteiger partial charge is 0.370 e. The average Bonchev–Trinajstić information content (AvgIpc) is 2.89. The molecule has 100 valence electrons. The summed E-state index contributed by atoms with van der Waals surface area (Å²) in [4.78, 5) is 14.9. The highest BCUT2D eigenvalue weighted by molar-refractivity contribution is 8.01. The van der Waals surface area contributed by atoms with Crippen molar-refractivity contribution in [2.24, 2.45) is 0 Å². The van der Waals surface area contributed by atoms with Crippen LogP contribution in [0.2, 0.25) is 0 Å². The molecule has 0 fully saturated rings. The summed E-state index contributed by atoms with van der Waals surface area (Å²) in [6.45, 7) is 2.78. The maximum Gasteiger partial charge on any atom is 0.275 e. The van der Waals surface area contributed by atoms with Gasteiger partial charge in [-0.1, -0.05) is 24.8 Å². The van der Waals surface area contributed by atoms with E-state index in [0.717, 1.165) is 17.2 Å². The molecule has 0 aromatic carbocycles. The molecule has 1 N–H and O–H groups in total. The van der Waals surface area contributed by atoms with Gasteiger partial charge in [0, 0.05) is 12.6 Å². The lowest BCUT2D eigenvalue weighted by Gasteiger charge is -2.06. The summed E-state index contributed by atoms with van der Waals surface area (Å²) in [6.07, 6.45) is 0.942. The first kappa shape index (κ1) is 13.8. The van der Waals surface area contributed by atoms with E-state index in [9.17, 15) is 10.1 Å². The van der Waals surface area contributed by atoms with Gasteiger partial charge in [0.15, 0.2) is 0 Å². The van der Waals surface area contributed by atoms with Gasteiger partial charge < -0.3 is 5.32 Å². The predicted octanol–water partition coefficient (Wildman–Crippen LogP) is 4.02. The summed E-state index contributed by atoms with van der Waals surface area (Å²) >= 11 is 3.02. The second kappa shape index (κ2) is 6.53. The molecule has 5 nitrogen and oxygen atoms in total. The molecule has 0 bridgehead atoms. The molecule has 7 heteroatoms. The quantitative estimate of drug-likeness (QED) is 0.644. The van der Waals surface area contributed by atoms with Crippen molar-refractivity contribution in [3.05, 3.63) is 39.8 Å². The first-order valence-corrected chi connectivity index (χ1v) is 7.50. The minimum Gasteiger partial charge on any atom is -0.370 e. The molecular weight excluding hydrogens is 282 g/mol. The van der Waals surface area contributed by atoms with Gasteiger partial charge in [0.25, 0.3) is 5.69 Å². The first-order valence-electron chi connectivity index (χ1n) is 5.80. The second-order valence-electron chi connectivity index (χ2n) is 3.77. The van der Waals surface area contributed by atoms with Gasteiger partial charge in [0.2, 0.25) is 0 Å². The SMILES string of the molecule is CCCNc1cc([N+](=O)[O-])cc(Sc2cccs2)n1. The van der Waals surface area contributed by atoms with Gasteiger partial charge in [-0.3, -0.25) is 10.1 Å². The summed E-state index contributed by atoms with van der Waals surface area (Å²) in [5.41, 5.74) is 0.0626. The molecule has 0 atom stereocenters. The van der Waals surface area contributed by atoms with E-state index in [1.54, 1.807) is 11.3 Å². The zero-order chi connectivity index (χ0) is 13.7. The third-order valence-corrected chi connectivity index (χ3v) is 4.21. The summed E-state index contributed by atoms with van der Waals surface area (Å²) in [7, 11) is 0. The number of hydrogen-bond donors (Lipinski definition) is 1. The average molecular weight is 295 g/mol. The van der Waals surface area contributed by atoms with E-state index in [4.69, 9.17) is 0 Å². The van der Waals surface area contributed by atoms with Crippen molar-refractivity contribution >= 4 is 34.6 Å². The number of rotatable bonds is 6. The van der Waals surface area contributed by atoms with Crippen molar-refractivity contribution in [1.29, 1.82) is 0 Å². The number of aromatic nitrogens is 1. The Morgan fingerprint density at radius 2 is 2.37 bits per heavy atom. The van der Waals surface area contributed by atoms with E-state index in [2.05, 4.69) is 10.3 Å². The fourth-order valence-electron chi connectivity index (χ4n) is 1.42. The minimum absolute atomic E-state index is 0.0626. The van der Waals surface area contributed by atoms with Crippen molar-refractivity contribution in [2.45, 2.75) is 22.6 Å². The summed E-state index contributed by atoms with van der Waals surface area (Å²) < 4.78 is 1.06. The molecule has 2 aromatic rings. The number of pyridine rings is 1. The molecule has 2 rings (SSSR count). The van der Waals surface area contributed by atoms with Crippen molar-refractivity contribution in [1.82, 2.24) is 4.98 Å². The Bertz CT molecular complexity index is 558. The van der Waals surface area contributed by atoms with Crippen molar-refractivity contribution in [3.63, 3.8) is 0 Å². The molecule has 0 radical (unpaired) electrons. The number of nitro groups is 1. The van der Waals surface area contributed by atoms with E-state index in [1.165, 1.54) is 23.9 Å². The van der Waals surface area contributed by atoms with Crippen LogP contribution in [0, 0.1) is 10.1 Å². The van der Waals surface area contributed by atoms with Crippen LogP contribution in [0.1, 0.15) is 13.3 Å². The Balaban J connectivity index is 2.25. The van der Waals surface area contributed by atoms with Crippen LogP contribution in [0.25, 0.3) is 0 Å². The third kappa shape index (κ3) is 3.93. The fraction of sp³-hybridized carbons (Fsp3) is 0.250. The normalized spacial score (nSPS) is 10.4. The van der Waals surface area contributed by atoms with Gasteiger partial charge in [-0.2, -0.15) is 0 Å². The Kier molecular flexibility index (Phi) is 4.75. The number of anilines is 1. The van der Waals surface area contributed by atoms with Crippen molar-refractivity contribution < 1.29 is 4.92 Å². The molecule has 0 aliphatic carbocycles. The van der Waals surface area contributed by atoms with E-state index in [0.29, 0.717) is 10.8 Å². The van der Waals surface area contributed by atoms with E-state index < -0.39 is 4.92 Å². The zero-order valence-corrected chi connectivity index (χ0v) is 12.0. The Morgan fingerprint density at radius 3 is 3.00 bits per heavy atom. The van der Waals surface area contributed by atoms with Gasteiger partial charge in [-0.15, -0.1) is 11.3 Å². The standard InChI is InChI=1S/C12H13N3O2S2/c1-2-5-13-10-7-9(15(16)17)8-11(14-10)19-12-4-3-6-18-12/h3-4,6-8H,2,5H2,1H3,(H,13,14). The first-order chi connectivity index (χ1) is 9.19. The Labute approximate surface area is 119 Å². The topological polar surface area (TPSA) is 68.1 Å². The van der Waals surface area contributed by atoms with Gasteiger partial charge in [-0.25, -0.2) is 4.98 Å². The predicted molar refractivity (Wildman–Crippen MR) is 78.1 cm³/mol. The smallest absolute Gasteiger partial charge is 0.275 e. The van der Waals surface area contributed by atoms with Crippen LogP contribution < -0.4 is 5.32 Å². The molecule has 0 unspecified atom stereocenters. The van der Waals surface area contributed by atoms with Gasteiger partial charge in [-0.05, 0) is 17.9 Å². The molecule has 0 aliphatic rings. The lowest BCUT2D eigenvalue weighted by atomic mass is 10.4. The molecular formula is C12H13N3O2S2. The van der Waals surface area contributed by atoms with Crippen LogP contribution in [0.4, 0.5) is 11.5 Å². The number of nitrogens with zero attached hydrogens (tertiary/aromatic N) is 2. The lowest BCUT2D eigenvalue weighted by molar-refractivity contribution is -0.385. The third-order valence-electron chi connectivity index (χ3n) is 2.25. The Hall–Kier alpha value is -1.60. The van der Waals surface area contributed by atoms with E-state index >= 15 is 0 Å². The molecule has 0 saturated carbocycles. The van der Waals surface area contributed by atoms with Gasteiger partial charge in [0.1, 0.15) is 10.8 Å².